The van der Waals surface area contributed by atoms with Gasteiger partial charge in [0.1, 0.15) is 5.56 Å². The first kappa shape index (κ1) is 14.1. The smallest absolute Gasteiger partial charge is 0.341 e. The maximum absolute atomic E-state index is 12.3. The summed E-state index contributed by atoms with van der Waals surface area (Å²) in [4.78, 5) is 23.4. The third kappa shape index (κ3) is 2.79. The molecule has 0 aliphatic rings. The fourth-order valence-corrected chi connectivity index (χ4v) is 2.15. The van der Waals surface area contributed by atoms with Crippen molar-refractivity contribution in [2.45, 2.75) is 20.4 Å². The van der Waals surface area contributed by atoms with Crippen molar-refractivity contribution in [2.75, 3.05) is 0 Å². The van der Waals surface area contributed by atoms with Gasteiger partial charge in [-0.05, 0) is 23.6 Å². The van der Waals surface area contributed by atoms with Crippen molar-refractivity contribution < 1.29 is 9.90 Å². The second-order valence-corrected chi connectivity index (χ2v) is 5.11. The fraction of sp³-hybridized carbons (Fsp3) is 0.250. The summed E-state index contributed by atoms with van der Waals surface area (Å²) in [5, 5.41) is 9.07. The molecule has 0 amide bonds. The predicted molar refractivity (Wildman–Crippen MR) is 77.9 cm³/mol. The van der Waals surface area contributed by atoms with Crippen LogP contribution in [0, 0.1) is 5.92 Å². The minimum absolute atomic E-state index is 0.190. The van der Waals surface area contributed by atoms with E-state index in [0.29, 0.717) is 6.54 Å². The quantitative estimate of drug-likeness (QED) is 0.930. The van der Waals surface area contributed by atoms with Crippen molar-refractivity contribution in [1.82, 2.24) is 4.57 Å². The van der Waals surface area contributed by atoms with Crippen molar-refractivity contribution in [3.05, 3.63) is 58.4 Å². The van der Waals surface area contributed by atoms with Crippen LogP contribution < -0.4 is 5.56 Å². The molecule has 0 aliphatic heterocycles. The summed E-state index contributed by atoms with van der Waals surface area (Å²) in [6.45, 7) is 4.48. The molecule has 0 unspecified atom stereocenters. The Bertz CT molecular complexity index is 672. The van der Waals surface area contributed by atoms with E-state index in [2.05, 4.69) is 0 Å². The third-order valence-corrected chi connectivity index (χ3v) is 3.02. The van der Waals surface area contributed by atoms with Crippen LogP contribution in [0.2, 0.25) is 0 Å². The summed E-state index contributed by atoms with van der Waals surface area (Å²) in [5.41, 5.74) is 1.01. The zero-order chi connectivity index (χ0) is 14.7. The van der Waals surface area contributed by atoms with Crippen molar-refractivity contribution >= 4 is 5.97 Å². The number of rotatable bonds is 4. The normalized spacial score (nSPS) is 10.8. The van der Waals surface area contributed by atoms with Gasteiger partial charge in [0.2, 0.25) is 0 Å². The molecule has 0 bridgehead atoms. The van der Waals surface area contributed by atoms with Crippen LogP contribution in [0.3, 0.4) is 0 Å². The van der Waals surface area contributed by atoms with Crippen molar-refractivity contribution in [3.63, 3.8) is 0 Å². The van der Waals surface area contributed by atoms with E-state index in [1.165, 1.54) is 6.07 Å². The van der Waals surface area contributed by atoms with E-state index in [9.17, 15) is 9.59 Å². The molecule has 2 aromatic rings. The zero-order valence-electron chi connectivity index (χ0n) is 11.5. The average molecular weight is 271 g/mol. The number of carboxylic acids is 1. The Labute approximate surface area is 117 Å². The highest BCUT2D eigenvalue weighted by Gasteiger charge is 2.15. The van der Waals surface area contributed by atoms with Crippen LogP contribution in [0.15, 0.2) is 47.3 Å². The van der Waals surface area contributed by atoms with Gasteiger partial charge in [-0.15, -0.1) is 0 Å². The molecule has 1 N–H and O–H groups in total. The second-order valence-electron chi connectivity index (χ2n) is 5.11. The zero-order valence-corrected chi connectivity index (χ0v) is 11.5. The predicted octanol–water partition coefficient (Wildman–Crippen LogP) is 2.87. The van der Waals surface area contributed by atoms with Crippen LogP contribution >= 0.6 is 0 Å². The van der Waals surface area contributed by atoms with Gasteiger partial charge in [-0.1, -0.05) is 44.2 Å². The van der Waals surface area contributed by atoms with E-state index in [-0.39, 0.29) is 11.5 Å². The molecule has 104 valence electrons. The average Bonchev–Trinajstić information content (AvgIpc) is 2.41. The summed E-state index contributed by atoms with van der Waals surface area (Å²) in [6.07, 6.45) is 0. The molecular formula is C16H17NO3. The molecule has 1 aromatic carbocycles. The molecule has 1 heterocycles. The van der Waals surface area contributed by atoms with Crippen LogP contribution in [0.4, 0.5) is 0 Å². The first-order valence-electron chi connectivity index (χ1n) is 6.53. The van der Waals surface area contributed by atoms with E-state index in [0.717, 1.165) is 11.3 Å². The van der Waals surface area contributed by atoms with Crippen molar-refractivity contribution in [3.8, 4) is 11.3 Å². The van der Waals surface area contributed by atoms with Gasteiger partial charge in [-0.2, -0.15) is 0 Å². The summed E-state index contributed by atoms with van der Waals surface area (Å²) < 4.78 is 1.55. The largest absolute Gasteiger partial charge is 0.477 e. The molecule has 1 aromatic heterocycles. The van der Waals surface area contributed by atoms with Crippen LogP contribution in [0.5, 0.6) is 0 Å². The summed E-state index contributed by atoms with van der Waals surface area (Å²) in [7, 11) is 0. The molecule has 0 saturated heterocycles. The first-order valence-corrected chi connectivity index (χ1v) is 6.53. The third-order valence-electron chi connectivity index (χ3n) is 3.02. The highest BCUT2D eigenvalue weighted by Crippen LogP contribution is 2.19. The van der Waals surface area contributed by atoms with Gasteiger partial charge in [0, 0.05) is 6.54 Å². The Morgan fingerprint density at radius 1 is 1.15 bits per heavy atom. The summed E-state index contributed by atoms with van der Waals surface area (Å²) in [5.74, 6) is -0.939. The van der Waals surface area contributed by atoms with Gasteiger partial charge >= 0.3 is 5.97 Å². The minimum atomic E-state index is -1.19. The maximum Gasteiger partial charge on any atom is 0.341 e. The molecule has 4 heteroatoms. The van der Waals surface area contributed by atoms with Crippen LogP contribution in [-0.2, 0) is 6.54 Å². The van der Waals surface area contributed by atoms with E-state index in [1.807, 2.05) is 44.2 Å². The summed E-state index contributed by atoms with van der Waals surface area (Å²) >= 11 is 0. The Balaban J connectivity index is 2.66. The summed E-state index contributed by atoms with van der Waals surface area (Å²) in [6, 6.07) is 12.6. The Morgan fingerprint density at radius 2 is 1.80 bits per heavy atom. The second kappa shape index (κ2) is 5.74. The molecule has 0 saturated carbocycles. The van der Waals surface area contributed by atoms with E-state index >= 15 is 0 Å². The fourth-order valence-electron chi connectivity index (χ4n) is 2.15. The van der Waals surface area contributed by atoms with Crippen molar-refractivity contribution in [1.29, 1.82) is 0 Å². The standard InChI is InChI=1S/C16H17NO3/c1-11(2)10-17-14(12-6-4-3-5-7-12)9-8-13(15(17)18)16(19)20/h3-9,11H,10H2,1-2H3,(H,19,20). The number of nitrogens with zero attached hydrogens (tertiary/aromatic N) is 1. The number of aromatic carboxylic acids is 1. The molecule has 20 heavy (non-hydrogen) atoms. The van der Waals surface area contributed by atoms with E-state index in [1.54, 1.807) is 10.6 Å². The van der Waals surface area contributed by atoms with Crippen LogP contribution in [0.1, 0.15) is 24.2 Å². The van der Waals surface area contributed by atoms with Crippen molar-refractivity contribution in [2.24, 2.45) is 5.92 Å². The molecule has 0 spiro atoms. The van der Waals surface area contributed by atoms with Crippen LogP contribution in [-0.4, -0.2) is 15.6 Å². The molecule has 0 aliphatic carbocycles. The lowest BCUT2D eigenvalue weighted by molar-refractivity contribution is 0.0694. The molecular weight excluding hydrogens is 254 g/mol. The maximum atomic E-state index is 12.3. The van der Waals surface area contributed by atoms with Gasteiger partial charge in [-0.3, -0.25) is 4.79 Å². The molecule has 2 rings (SSSR count). The van der Waals surface area contributed by atoms with Gasteiger partial charge in [-0.25, -0.2) is 4.79 Å². The van der Waals surface area contributed by atoms with Gasteiger partial charge in [0.25, 0.3) is 5.56 Å². The molecule has 0 atom stereocenters. The number of carbonyl (C=O) groups is 1. The lowest BCUT2D eigenvalue weighted by Gasteiger charge is -2.15. The van der Waals surface area contributed by atoms with Gasteiger partial charge in [0.05, 0.1) is 5.69 Å². The Hall–Kier alpha value is -2.36. The number of hydrogen-bond donors (Lipinski definition) is 1. The Morgan fingerprint density at radius 3 is 2.35 bits per heavy atom. The topological polar surface area (TPSA) is 59.3 Å². The lowest BCUT2D eigenvalue weighted by Crippen LogP contribution is -2.29. The van der Waals surface area contributed by atoms with E-state index in [4.69, 9.17) is 5.11 Å². The molecule has 0 fully saturated rings. The number of benzene rings is 1. The number of hydrogen-bond acceptors (Lipinski definition) is 2. The lowest BCUT2D eigenvalue weighted by atomic mass is 10.1. The minimum Gasteiger partial charge on any atom is -0.477 e. The SMILES string of the molecule is CC(C)Cn1c(-c2ccccc2)ccc(C(=O)O)c1=O. The van der Waals surface area contributed by atoms with Gasteiger partial charge < -0.3 is 9.67 Å². The highest BCUT2D eigenvalue weighted by atomic mass is 16.4. The Kier molecular flexibility index (Phi) is 4.03. The van der Waals surface area contributed by atoms with Gasteiger partial charge in [0.15, 0.2) is 0 Å². The van der Waals surface area contributed by atoms with Crippen LogP contribution in [0.25, 0.3) is 11.3 Å². The monoisotopic (exact) mass is 271 g/mol. The number of aromatic nitrogens is 1. The molecule has 4 nitrogen and oxygen atoms in total. The first-order chi connectivity index (χ1) is 9.50. The highest BCUT2D eigenvalue weighted by molar-refractivity contribution is 5.87. The number of pyridine rings is 1. The molecule has 0 radical (unpaired) electrons. The van der Waals surface area contributed by atoms with E-state index < -0.39 is 11.5 Å². The number of carboxylic acid groups (broad SMARTS) is 1.